The lowest BCUT2D eigenvalue weighted by Crippen LogP contribution is -2.61. The van der Waals surface area contributed by atoms with Gasteiger partial charge in [0.25, 0.3) is 5.97 Å². The molecule has 13 heteroatoms. The maximum atomic E-state index is 11.8. The van der Waals surface area contributed by atoms with Gasteiger partial charge in [-0.15, -0.1) is 0 Å². The van der Waals surface area contributed by atoms with Crippen molar-refractivity contribution in [1.29, 1.82) is 0 Å². The van der Waals surface area contributed by atoms with Crippen molar-refractivity contribution in [1.82, 2.24) is 0 Å². The zero-order valence-electron chi connectivity index (χ0n) is 28.3. The number of hydrogen-bond acceptors (Lipinski definition) is 9. The van der Waals surface area contributed by atoms with E-state index in [9.17, 15) is 25.9 Å². The molecule has 2 aliphatic heterocycles. The van der Waals surface area contributed by atoms with Gasteiger partial charge in [0, 0.05) is 12.3 Å². The van der Waals surface area contributed by atoms with Crippen LogP contribution in [0.5, 0.6) is 0 Å². The van der Waals surface area contributed by atoms with Crippen LogP contribution in [-0.4, -0.2) is 61.9 Å². The van der Waals surface area contributed by atoms with Gasteiger partial charge in [0.1, 0.15) is 17.8 Å². The summed E-state index contributed by atoms with van der Waals surface area (Å²) in [6, 6.07) is 0. The Morgan fingerprint density at radius 2 is 1.61 bits per heavy atom. The van der Waals surface area contributed by atoms with Gasteiger partial charge in [-0.2, -0.15) is 16.8 Å². The molecule has 46 heavy (non-hydrogen) atoms. The zero-order chi connectivity index (χ0) is 33.7. The van der Waals surface area contributed by atoms with Gasteiger partial charge in [0.2, 0.25) is 0 Å². The maximum absolute atomic E-state index is 11.8. The van der Waals surface area contributed by atoms with E-state index in [1.165, 1.54) is 5.57 Å². The van der Waals surface area contributed by atoms with Gasteiger partial charge in [0.05, 0.1) is 12.2 Å². The van der Waals surface area contributed by atoms with Crippen molar-refractivity contribution < 1.29 is 48.5 Å². The Hall–Kier alpha value is -0.640. The maximum Gasteiger partial charge on any atom is 0.397 e. The summed E-state index contributed by atoms with van der Waals surface area (Å²) >= 11 is 0. The smallest absolute Gasteiger partial charge is 0.324 e. The normalized spacial score (nSPS) is 48.9. The number of fused-ring (bicyclic) bond motifs is 10. The summed E-state index contributed by atoms with van der Waals surface area (Å²) in [6.45, 7) is 15.5. The van der Waals surface area contributed by atoms with Crippen molar-refractivity contribution in [3.05, 3.63) is 11.6 Å². The van der Waals surface area contributed by atoms with Crippen molar-refractivity contribution >= 4 is 20.8 Å². The van der Waals surface area contributed by atoms with Gasteiger partial charge in [-0.05, 0) is 112 Å². The molecular formula is C33H54O11S2. The molecule has 0 radical (unpaired) electrons. The molecule has 4 saturated carbocycles. The second-order valence-corrected chi connectivity index (χ2v) is 18.3. The van der Waals surface area contributed by atoms with Gasteiger partial charge in [-0.25, -0.2) is 8.37 Å². The molecule has 0 spiro atoms. The molecule has 11 nitrogen and oxygen atoms in total. The minimum Gasteiger partial charge on any atom is -0.324 e. The highest BCUT2D eigenvalue weighted by atomic mass is 32.3. The molecule has 5 unspecified atom stereocenters. The molecule has 0 amide bonds. The molecule has 0 aromatic rings. The third-order valence-electron chi connectivity index (χ3n) is 13.5. The largest absolute Gasteiger partial charge is 0.397 e. The van der Waals surface area contributed by atoms with Crippen LogP contribution in [0.3, 0.4) is 0 Å². The highest BCUT2D eigenvalue weighted by Gasteiger charge is 2.74. The van der Waals surface area contributed by atoms with E-state index in [2.05, 4.69) is 54.5 Å². The number of rotatable bonds is 9. The summed E-state index contributed by atoms with van der Waals surface area (Å²) in [7, 11) is -9.75. The van der Waals surface area contributed by atoms with Crippen LogP contribution in [0.2, 0.25) is 0 Å². The van der Waals surface area contributed by atoms with Crippen LogP contribution in [-0.2, 0) is 43.4 Å². The molecule has 6 aliphatic rings. The summed E-state index contributed by atoms with van der Waals surface area (Å²) in [4.78, 5) is 0. The van der Waals surface area contributed by atoms with Crippen LogP contribution in [0.1, 0.15) is 113 Å². The Labute approximate surface area is 275 Å². The minimum absolute atomic E-state index is 0.00260. The van der Waals surface area contributed by atoms with Crippen LogP contribution in [0, 0.1) is 46.3 Å². The van der Waals surface area contributed by atoms with E-state index in [-0.39, 0.29) is 53.6 Å². The van der Waals surface area contributed by atoms with Gasteiger partial charge < -0.3 is 14.2 Å². The van der Waals surface area contributed by atoms with E-state index in [0.717, 1.165) is 44.9 Å². The third kappa shape index (κ3) is 5.85. The van der Waals surface area contributed by atoms with E-state index >= 15 is 0 Å². The first-order valence-electron chi connectivity index (χ1n) is 17.3. The molecule has 0 aromatic heterocycles. The first kappa shape index (κ1) is 35.2. The van der Waals surface area contributed by atoms with Crippen molar-refractivity contribution in [2.45, 2.75) is 149 Å². The summed E-state index contributed by atoms with van der Waals surface area (Å²) in [6.07, 6.45) is 6.95. The highest BCUT2D eigenvalue weighted by Crippen LogP contribution is 2.72. The van der Waals surface area contributed by atoms with E-state index in [0.29, 0.717) is 24.2 Å². The SMILES string of the molecule is C/C=C(/C[C@H]1OC2(CCC)OC3C[C@H]4C5CC[C@H]6C[C@H](OS(=O)(=O)O)[C@@H](OS(=O)(=O)O)C[C@]6(C)C5CC[C@]4(C)C3[C@]1(C)O2)C(C)C. The molecule has 6 rings (SSSR count). The Bertz CT molecular complexity index is 1430. The fourth-order valence-electron chi connectivity index (χ4n) is 11.8. The highest BCUT2D eigenvalue weighted by molar-refractivity contribution is 7.81. The molecule has 13 atom stereocenters. The lowest BCUT2D eigenvalue weighted by atomic mass is 9.44. The summed E-state index contributed by atoms with van der Waals surface area (Å²) in [5.74, 6) is 0.506. The second kappa shape index (κ2) is 11.7. The molecule has 2 heterocycles. The summed E-state index contributed by atoms with van der Waals surface area (Å²) in [5.41, 5.74) is 0.408. The fraction of sp³-hybridized carbons (Fsp3) is 0.939. The molecule has 0 aromatic carbocycles. The molecule has 4 aliphatic carbocycles. The van der Waals surface area contributed by atoms with E-state index in [1.54, 1.807) is 0 Å². The molecular weight excluding hydrogens is 636 g/mol. The molecule has 2 saturated heterocycles. The quantitative estimate of drug-likeness (QED) is 0.208. The lowest BCUT2D eigenvalue weighted by Gasteiger charge is -2.62. The zero-order valence-corrected chi connectivity index (χ0v) is 29.9. The molecule has 2 N–H and O–H groups in total. The average Bonchev–Trinajstić information content (AvgIpc) is 3.33. The van der Waals surface area contributed by atoms with Crippen LogP contribution in [0.25, 0.3) is 0 Å². The second-order valence-electron chi connectivity index (χ2n) is 16.2. The predicted molar refractivity (Wildman–Crippen MR) is 169 cm³/mol. The fourth-order valence-corrected chi connectivity index (χ4v) is 12.8. The summed E-state index contributed by atoms with van der Waals surface area (Å²) in [5, 5.41) is 0. The van der Waals surface area contributed by atoms with Crippen molar-refractivity contribution in [2.24, 2.45) is 46.3 Å². The van der Waals surface area contributed by atoms with Crippen molar-refractivity contribution in [2.75, 3.05) is 0 Å². The van der Waals surface area contributed by atoms with E-state index < -0.39 is 44.6 Å². The molecule has 264 valence electrons. The van der Waals surface area contributed by atoms with Crippen molar-refractivity contribution in [3.63, 3.8) is 0 Å². The number of ether oxygens (including phenoxy) is 3. The van der Waals surface area contributed by atoms with Crippen LogP contribution in [0.4, 0.5) is 0 Å². The third-order valence-corrected chi connectivity index (χ3v) is 14.5. The molecule has 6 fully saturated rings. The first-order chi connectivity index (χ1) is 21.3. The molecule has 2 bridgehead atoms. The Morgan fingerprint density at radius 3 is 2.22 bits per heavy atom. The standard InChI is InChI=1S/C33H54O11S2/c1-8-13-33-40-26-17-24-22-11-10-21-16-25(42-45(34,35)36)27(43-46(37,38)39)18-31(21,6)23(22)12-14-30(24,5)29(26)32(7,44-33)28(41-33)15-20(9-2)19(3)4/h9,19,21-29H,8,10-18H2,1-7H3,(H,34,35,36)(H,37,38,39)/b20-9-/t21-,22?,23?,24-,25-,26?,27-,28+,29?,30-,31-,32+,33?/m0/s1. The first-order valence-corrected chi connectivity index (χ1v) is 20.0. The monoisotopic (exact) mass is 690 g/mol. The van der Waals surface area contributed by atoms with Gasteiger partial charge in [-0.3, -0.25) is 9.11 Å². The average molecular weight is 691 g/mol. The number of allylic oxidation sites excluding steroid dienone is 1. The van der Waals surface area contributed by atoms with Gasteiger partial charge in [-0.1, -0.05) is 46.3 Å². The van der Waals surface area contributed by atoms with E-state index in [4.69, 9.17) is 22.6 Å². The minimum atomic E-state index is -4.89. The van der Waals surface area contributed by atoms with Crippen molar-refractivity contribution in [3.8, 4) is 0 Å². The topological polar surface area (TPSA) is 155 Å². The van der Waals surface area contributed by atoms with Crippen LogP contribution < -0.4 is 0 Å². The van der Waals surface area contributed by atoms with Gasteiger partial charge in [0.15, 0.2) is 0 Å². The Kier molecular flexibility index (Phi) is 8.97. The van der Waals surface area contributed by atoms with E-state index in [1.807, 2.05) is 0 Å². The Balaban J connectivity index is 1.31. The number of hydrogen-bond donors (Lipinski definition) is 2. The van der Waals surface area contributed by atoms with Crippen LogP contribution >= 0.6 is 0 Å². The summed E-state index contributed by atoms with van der Waals surface area (Å²) < 4.78 is 96.7. The lowest BCUT2D eigenvalue weighted by molar-refractivity contribution is -0.403. The van der Waals surface area contributed by atoms with Gasteiger partial charge >= 0.3 is 20.8 Å². The predicted octanol–water partition coefficient (Wildman–Crippen LogP) is 6.26. The van der Waals surface area contributed by atoms with Crippen LogP contribution in [0.15, 0.2) is 11.6 Å². The Morgan fingerprint density at radius 1 is 0.935 bits per heavy atom.